The maximum Gasteiger partial charge on any atom is 0.342 e. The van der Waals surface area contributed by atoms with Crippen LogP contribution in [0.2, 0.25) is 0 Å². The molecule has 0 aliphatic rings. The number of hydrogen-bond acceptors (Lipinski definition) is 0. The summed E-state index contributed by atoms with van der Waals surface area (Å²) in [6.07, 6.45) is 0.304. The van der Waals surface area contributed by atoms with Gasteiger partial charge in [0.05, 0.1) is 0 Å². The summed E-state index contributed by atoms with van der Waals surface area (Å²) < 4.78 is 65.9. The fourth-order valence-electron chi connectivity index (χ4n) is 1.32. The fraction of sp³-hybridized carbons (Fsp3) is 1.00. The van der Waals surface area contributed by atoms with E-state index < -0.39 is 23.4 Å². The highest BCUT2D eigenvalue weighted by Crippen LogP contribution is 2.48. The summed E-state index contributed by atoms with van der Waals surface area (Å²) in [6.45, 7) is 3.58. The average Bonchev–Trinajstić information content (AvgIpc) is 2.02. The summed E-state index contributed by atoms with van der Waals surface area (Å²) in [7, 11) is 0. The summed E-state index contributed by atoms with van der Waals surface area (Å²) in [4.78, 5) is 0. The van der Waals surface area contributed by atoms with E-state index in [4.69, 9.17) is 0 Å². The maximum absolute atomic E-state index is 13.3. The minimum atomic E-state index is -4.64. The Kier molecular flexibility index (Phi) is 4.16. The highest BCUT2D eigenvalue weighted by atomic mass is 19.3. The van der Waals surface area contributed by atoms with Gasteiger partial charge >= 0.3 is 11.8 Å². The molecule has 0 aromatic carbocycles. The van der Waals surface area contributed by atoms with Crippen molar-refractivity contribution in [2.75, 3.05) is 0 Å². The summed E-state index contributed by atoms with van der Waals surface area (Å²) in [6, 6.07) is 0. The molecule has 0 heterocycles. The molecule has 0 saturated carbocycles. The van der Waals surface area contributed by atoms with Gasteiger partial charge in [-0.25, -0.2) is 4.39 Å². The number of halogens is 5. The van der Waals surface area contributed by atoms with Crippen LogP contribution in [0.1, 0.15) is 40.5 Å². The SMILES string of the molecule is CCCC(C)C(F)(F)C(F)(F)C(C)(C)F. The summed E-state index contributed by atoms with van der Waals surface area (Å²) in [5.74, 6) is -10.5. The second-order valence-corrected chi connectivity index (χ2v) is 4.36. The molecule has 0 N–H and O–H groups in total. The lowest BCUT2D eigenvalue weighted by Crippen LogP contribution is -2.56. The van der Waals surface area contributed by atoms with E-state index in [1.54, 1.807) is 6.92 Å². The van der Waals surface area contributed by atoms with Crippen LogP contribution >= 0.6 is 0 Å². The Balaban J connectivity index is 5.00. The Morgan fingerprint density at radius 1 is 1.00 bits per heavy atom. The van der Waals surface area contributed by atoms with Gasteiger partial charge in [-0.15, -0.1) is 0 Å². The first-order valence-electron chi connectivity index (χ1n) is 4.93. The molecule has 5 heteroatoms. The van der Waals surface area contributed by atoms with Crippen molar-refractivity contribution in [3.8, 4) is 0 Å². The fourth-order valence-corrected chi connectivity index (χ4v) is 1.32. The molecule has 0 aliphatic heterocycles. The predicted octanol–water partition coefficient (Wildman–Crippen LogP) is 4.44. The predicted molar refractivity (Wildman–Crippen MR) is 49.2 cm³/mol. The quantitative estimate of drug-likeness (QED) is 0.614. The van der Waals surface area contributed by atoms with Gasteiger partial charge in [0, 0.05) is 5.92 Å². The third-order valence-electron chi connectivity index (χ3n) is 2.51. The molecule has 0 nitrogen and oxygen atoms in total. The van der Waals surface area contributed by atoms with Gasteiger partial charge in [0.15, 0.2) is 5.67 Å². The average molecular weight is 232 g/mol. The van der Waals surface area contributed by atoms with Crippen molar-refractivity contribution >= 4 is 0 Å². The normalized spacial score (nSPS) is 16.6. The standard InChI is InChI=1S/C10H17F5/c1-5-6-7(2)9(12,13)10(14,15)8(3,4)11/h7H,5-6H2,1-4H3. The number of alkyl halides is 5. The van der Waals surface area contributed by atoms with Crippen LogP contribution in [0.25, 0.3) is 0 Å². The van der Waals surface area contributed by atoms with Gasteiger partial charge in [-0.1, -0.05) is 20.3 Å². The van der Waals surface area contributed by atoms with E-state index in [0.717, 1.165) is 6.92 Å². The van der Waals surface area contributed by atoms with Crippen molar-refractivity contribution in [1.82, 2.24) is 0 Å². The second-order valence-electron chi connectivity index (χ2n) is 4.36. The van der Waals surface area contributed by atoms with Crippen molar-refractivity contribution in [2.45, 2.75) is 58.1 Å². The van der Waals surface area contributed by atoms with E-state index in [1.807, 2.05) is 0 Å². The van der Waals surface area contributed by atoms with E-state index in [0.29, 0.717) is 20.3 Å². The molecule has 0 fully saturated rings. The van der Waals surface area contributed by atoms with Gasteiger partial charge in [-0.05, 0) is 20.3 Å². The van der Waals surface area contributed by atoms with Crippen molar-refractivity contribution in [3.63, 3.8) is 0 Å². The Hall–Kier alpha value is -0.350. The molecule has 0 aromatic heterocycles. The molecule has 1 unspecified atom stereocenters. The molecule has 0 bridgehead atoms. The van der Waals surface area contributed by atoms with Crippen LogP contribution < -0.4 is 0 Å². The lowest BCUT2D eigenvalue weighted by molar-refractivity contribution is -0.282. The zero-order valence-electron chi connectivity index (χ0n) is 9.38. The lowest BCUT2D eigenvalue weighted by atomic mass is 9.86. The first-order chi connectivity index (χ1) is 6.48. The molecular formula is C10H17F5. The molecule has 0 aromatic rings. The van der Waals surface area contributed by atoms with E-state index in [1.165, 1.54) is 0 Å². The Bertz CT molecular complexity index is 204. The van der Waals surface area contributed by atoms with E-state index in [-0.39, 0.29) is 6.42 Å². The van der Waals surface area contributed by atoms with Gasteiger partial charge in [0.25, 0.3) is 0 Å². The zero-order valence-corrected chi connectivity index (χ0v) is 9.38. The molecule has 0 radical (unpaired) electrons. The highest BCUT2D eigenvalue weighted by molar-refractivity contribution is 4.99. The minimum absolute atomic E-state index is 0.0569. The molecule has 0 spiro atoms. The molecule has 0 rings (SSSR count). The Morgan fingerprint density at radius 2 is 1.40 bits per heavy atom. The molecule has 92 valence electrons. The van der Waals surface area contributed by atoms with Crippen molar-refractivity contribution in [3.05, 3.63) is 0 Å². The van der Waals surface area contributed by atoms with Crippen LogP contribution in [0, 0.1) is 5.92 Å². The largest absolute Gasteiger partial charge is 0.342 e. The van der Waals surface area contributed by atoms with Crippen LogP contribution in [0.5, 0.6) is 0 Å². The van der Waals surface area contributed by atoms with Crippen molar-refractivity contribution in [2.24, 2.45) is 5.92 Å². The topological polar surface area (TPSA) is 0 Å². The van der Waals surface area contributed by atoms with Crippen LogP contribution in [0.15, 0.2) is 0 Å². The molecule has 15 heavy (non-hydrogen) atoms. The molecular weight excluding hydrogens is 215 g/mol. The molecule has 0 aliphatic carbocycles. The van der Waals surface area contributed by atoms with Gasteiger partial charge in [-0.2, -0.15) is 17.6 Å². The van der Waals surface area contributed by atoms with Crippen molar-refractivity contribution < 1.29 is 22.0 Å². The van der Waals surface area contributed by atoms with E-state index in [2.05, 4.69) is 0 Å². The number of hydrogen-bond donors (Lipinski definition) is 0. The van der Waals surface area contributed by atoms with Gasteiger partial charge in [-0.3, -0.25) is 0 Å². The molecule has 0 saturated heterocycles. The Morgan fingerprint density at radius 3 is 1.67 bits per heavy atom. The first kappa shape index (κ1) is 14.6. The van der Waals surface area contributed by atoms with Crippen molar-refractivity contribution in [1.29, 1.82) is 0 Å². The summed E-state index contributed by atoms with van der Waals surface area (Å²) in [5, 5.41) is 0. The second kappa shape index (κ2) is 4.26. The van der Waals surface area contributed by atoms with Crippen LogP contribution in [0.4, 0.5) is 22.0 Å². The van der Waals surface area contributed by atoms with Gasteiger partial charge in [0.1, 0.15) is 0 Å². The maximum atomic E-state index is 13.3. The first-order valence-corrected chi connectivity index (χ1v) is 4.93. The van der Waals surface area contributed by atoms with Crippen LogP contribution in [0.3, 0.4) is 0 Å². The third-order valence-corrected chi connectivity index (χ3v) is 2.51. The van der Waals surface area contributed by atoms with Crippen LogP contribution in [-0.2, 0) is 0 Å². The third kappa shape index (κ3) is 2.61. The smallest absolute Gasteiger partial charge is 0.238 e. The number of rotatable bonds is 5. The monoisotopic (exact) mass is 232 g/mol. The van der Waals surface area contributed by atoms with E-state index >= 15 is 0 Å². The Labute approximate surface area is 86.9 Å². The molecule has 0 amide bonds. The lowest BCUT2D eigenvalue weighted by Gasteiger charge is -2.36. The van der Waals surface area contributed by atoms with Gasteiger partial charge < -0.3 is 0 Å². The zero-order chi connectivity index (χ0) is 12.5. The minimum Gasteiger partial charge on any atom is -0.238 e. The van der Waals surface area contributed by atoms with E-state index in [9.17, 15) is 22.0 Å². The highest BCUT2D eigenvalue weighted by Gasteiger charge is 2.67. The van der Waals surface area contributed by atoms with Crippen LogP contribution in [-0.4, -0.2) is 17.5 Å². The summed E-state index contributed by atoms with van der Waals surface area (Å²) in [5.41, 5.74) is -3.22. The van der Waals surface area contributed by atoms with Gasteiger partial charge in [0.2, 0.25) is 0 Å². The molecule has 1 atom stereocenters. The summed E-state index contributed by atoms with van der Waals surface area (Å²) >= 11 is 0.